The van der Waals surface area contributed by atoms with Gasteiger partial charge in [-0.25, -0.2) is 8.78 Å². The van der Waals surface area contributed by atoms with E-state index in [4.69, 9.17) is 22.4 Å². The van der Waals surface area contributed by atoms with Gasteiger partial charge in [0.2, 0.25) is 0 Å². The molecular formula is C8H9ClF2N2O. The summed E-state index contributed by atoms with van der Waals surface area (Å²) in [6.07, 6.45) is -1.72. The summed E-state index contributed by atoms with van der Waals surface area (Å²) in [5.74, 6) is 0. The fourth-order valence-corrected chi connectivity index (χ4v) is 1.37. The van der Waals surface area contributed by atoms with E-state index in [9.17, 15) is 8.78 Å². The van der Waals surface area contributed by atoms with Crippen molar-refractivity contribution in [2.24, 2.45) is 5.73 Å². The Morgan fingerprint density at radius 1 is 1.57 bits per heavy atom. The van der Waals surface area contributed by atoms with Crippen molar-refractivity contribution in [1.29, 1.82) is 0 Å². The van der Waals surface area contributed by atoms with Gasteiger partial charge in [-0.3, -0.25) is 4.98 Å². The number of aromatic nitrogens is 1. The molecule has 6 heteroatoms. The predicted molar refractivity (Wildman–Crippen MR) is 48.0 cm³/mol. The second kappa shape index (κ2) is 4.63. The van der Waals surface area contributed by atoms with Crippen molar-refractivity contribution < 1.29 is 13.9 Å². The highest BCUT2D eigenvalue weighted by Gasteiger charge is 2.17. The summed E-state index contributed by atoms with van der Waals surface area (Å²) in [6.45, 7) is -0.391. The second-order valence-electron chi connectivity index (χ2n) is 2.62. The molecule has 0 aliphatic rings. The molecule has 0 unspecified atom stereocenters. The van der Waals surface area contributed by atoms with Crippen LogP contribution in [0, 0.1) is 0 Å². The number of hydrogen-bond donors (Lipinski definition) is 2. The van der Waals surface area contributed by atoms with E-state index in [1.165, 1.54) is 0 Å². The van der Waals surface area contributed by atoms with E-state index >= 15 is 0 Å². The number of aliphatic hydroxyl groups is 1. The molecule has 0 spiro atoms. The van der Waals surface area contributed by atoms with E-state index < -0.39 is 13.0 Å². The summed E-state index contributed by atoms with van der Waals surface area (Å²) in [7, 11) is 0. The topological polar surface area (TPSA) is 59.1 Å². The fraction of sp³-hybridized carbons (Fsp3) is 0.375. The first-order chi connectivity index (χ1) is 6.61. The van der Waals surface area contributed by atoms with Crippen LogP contribution in [-0.4, -0.2) is 10.1 Å². The minimum atomic E-state index is -2.70. The Balaban J connectivity index is 3.27. The summed E-state index contributed by atoms with van der Waals surface area (Å²) in [5.41, 5.74) is 5.43. The Morgan fingerprint density at radius 2 is 2.21 bits per heavy atom. The van der Waals surface area contributed by atoms with Crippen LogP contribution < -0.4 is 5.73 Å². The normalized spacial score (nSPS) is 11.0. The minimum Gasteiger partial charge on any atom is -0.392 e. The fourth-order valence-electron chi connectivity index (χ4n) is 1.07. The van der Waals surface area contributed by atoms with Gasteiger partial charge >= 0.3 is 0 Å². The molecule has 0 aliphatic carbocycles. The average molecular weight is 223 g/mol. The van der Waals surface area contributed by atoms with Gasteiger partial charge < -0.3 is 10.8 Å². The number of nitrogens with two attached hydrogens (primary N) is 1. The van der Waals surface area contributed by atoms with Gasteiger partial charge in [0.05, 0.1) is 22.9 Å². The third kappa shape index (κ3) is 2.00. The number of rotatable bonds is 3. The Labute approximate surface area is 84.5 Å². The Bertz CT molecular complexity index is 333. The molecular weight excluding hydrogens is 214 g/mol. The van der Waals surface area contributed by atoms with Crippen LogP contribution in [0.4, 0.5) is 8.78 Å². The van der Waals surface area contributed by atoms with E-state index in [1.54, 1.807) is 0 Å². The molecule has 0 amide bonds. The molecule has 0 radical (unpaired) electrons. The van der Waals surface area contributed by atoms with Crippen molar-refractivity contribution in [2.75, 3.05) is 0 Å². The highest BCUT2D eigenvalue weighted by atomic mass is 35.5. The molecule has 14 heavy (non-hydrogen) atoms. The van der Waals surface area contributed by atoms with Crippen molar-refractivity contribution in [2.45, 2.75) is 19.6 Å². The maximum atomic E-state index is 12.3. The number of hydrogen-bond acceptors (Lipinski definition) is 3. The third-order valence-corrected chi connectivity index (χ3v) is 2.26. The summed E-state index contributed by atoms with van der Waals surface area (Å²) in [5, 5.41) is 8.76. The van der Waals surface area contributed by atoms with Gasteiger partial charge in [-0.1, -0.05) is 11.6 Å². The lowest BCUT2D eigenvalue weighted by atomic mass is 10.1. The van der Waals surface area contributed by atoms with Gasteiger partial charge in [-0.15, -0.1) is 0 Å². The Morgan fingerprint density at radius 3 is 2.64 bits per heavy atom. The van der Waals surface area contributed by atoms with Crippen LogP contribution in [0.5, 0.6) is 0 Å². The smallest absolute Gasteiger partial charge is 0.266 e. The van der Waals surface area contributed by atoms with Crippen LogP contribution in [0.25, 0.3) is 0 Å². The average Bonchev–Trinajstić information content (AvgIpc) is 2.16. The van der Waals surface area contributed by atoms with Gasteiger partial charge in [0.25, 0.3) is 6.43 Å². The van der Waals surface area contributed by atoms with E-state index in [0.717, 1.165) is 6.20 Å². The molecule has 1 heterocycles. The van der Waals surface area contributed by atoms with E-state index in [1.807, 2.05) is 0 Å². The standard InChI is InChI=1S/C8H9ClF2N2O/c9-7-4(8(10)11)2-13-6(1-12)5(7)3-14/h2,8,14H,1,3,12H2. The Kier molecular flexibility index (Phi) is 3.74. The van der Waals surface area contributed by atoms with Crippen molar-refractivity contribution in [1.82, 2.24) is 4.98 Å². The first-order valence-electron chi connectivity index (χ1n) is 3.87. The quantitative estimate of drug-likeness (QED) is 0.817. The minimum absolute atomic E-state index is 0.0547. The van der Waals surface area contributed by atoms with Crippen molar-refractivity contribution >= 4 is 11.6 Å². The largest absolute Gasteiger partial charge is 0.392 e. The van der Waals surface area contributed by atoms with Crippen LogP contribution in [0.15, 0.2) is 6.20 Å². The highest BCUT2D eigenvalue weighted by Crippen LogP contribution is 2.30. The van der Waals surface area contributed by atoms with Crippen molar-refractivity contribution in [3.63, 3.8) is 0 Å². The molecule has 78 valence electrons. The molecule has 3 nitrogen and oxygen atoms in total. The first-order valence-corrected chi connectivity index (χ1v) is 4.24. The maximum Gasteiger partial charge on any atom is 0.266 e. The molecule has 0 aliphatic heterocycles. The molecule has 1 aromatic heterocycles. The SMILES string of the molecule is NCc1ncc(C(F)F)c(Cl)c1CO. The lowest BCUT2D eigenvalue weighted by Crippen LogP contribution is -2.07. The third-order valence-electron chi connectivity index (χ3n) is 1.81. The molecule has 0 bridgehead atoms. The van der Waals surface area contributed by atoms with Gasteiger partial charge in [0.1, 0.15) is 0 Å². The molecule has 3 N–H and O–H groups in total. The van der Waals surface area contributed by atoms with E-state index in [0.29, 0.717) is 5.69 Å². The summed E-state index contributed by atoms with van der Waals surface area (Å²) >= 11 is 5.65. The van der Waals surface area contributed by atoms with Gasteiger partial charge in [-0.2, -0.15) is 0 Å². The lowest BCUT2D eigenvalue weighted by Gasteiger charge is -2.10. The lowest BCUT2D eigenvalue weighted by molar-refractivity contribution is 0.150. The van der Waals surface area contributed by atoms with Crippen LogP contribution in [0.1, 0.15) is 23.2 Å². The van der Waals surface area contributed by atoms with Crippen LogP contribution in [0.3, 0.4) is 0 Å². The van der Waals surface area contributed by atoms with E-state index in [2.05, 4.69) is 4.98 Å². The molecule has 0 fully saturated rings. The van der Waals surface area contributed by atoms with Gasteiger partial charge in [0, 0.05) is 18.3 Å². The second-order valence-corrected chi connectivity index (χ2v) is 2.99. The molecule has 0 aromatic carbocycles. The zero-order valence-corrected chi connectivity index (χ0v) is 7.93. The van der Waals surface area contributed by atoms with Crippen molar-refractivity contribution in [3.8, 4) is 0 Å². The summed E-state index contributed by atoms with van der Waals surface area (Å²) in [4.78, 5) is 3.70. The molecule has 0 atom stereocenters. The molecule has 0 saturated heterocycles. The van der Waals surface area contributed by atoms with Crippen LogP contribution >= 0.6 is 11.6 Å². The highest BCUT2D eigenvalue weighted by molar-refractivity contribution is 6.32. The molecule has 1 rings (SSSR count). The monoisotopic (exact) mass is 222 g/mol. The summed E-state index contributed by atoms with van der Waals surface area (Å²) < 4.78 is 24.7. The predicted octanol–water partition coefficient (Wildman–Crippen LogP) is 1.62. The summed E-state index contributed by atoms with van der Waals surface area (Å²) in [6, 6.07) is 0. The van der Waals surface area contributed by atoms with Crippen LogP contribution in [0.2, 0.25) is 5.02 Å². The maximum absolute atomic E-state index is 12.3. The number of nitrogens with zero attached hydrogens (tertiary/aromatic N) is 1. The molecule has 0 saturated carbocycles. The molecule has 1 aromatic rings. The number of halogens is 3. The zero-order chi connectivity index (χ0) is 10.7. The van der Waals surface area contributed by atoms with Gasteiger partial charge in [0.15, 0.2) is 0 Å². The number of alkyl halides is 2. The zero-order valence-electron chi connectivity index (χ0n) is 7.17. The number of aliphatic hydroxyl groups excluding tert-OH is 1. The van der Waals surface area contributed by atoms with Crippen LogP contribution in [-0.2, 0) is 13.2 Å². The van der Waals surface area contributed by atoms with Gasteiger partial charge in [-0.05, 0) is 0 Å². The first kappa shape index (κ1) is 11.3. The van der Waals surface area contributed by atoms with E-state index in [-0.39, 0.29) is 22.7 Å². The van der Waals surface area contributed by atoms with Crippen molar-refractivity contribution in [3.05, 3.63) is 28.0 Å². The Hall–Kier alpha value is -0.780. The number of pyridine rings is 1.